The molecule has 1 amide bonds. The zero-order chi connectivity index (χ0) is 14.0. The van der Waals surface area contributed by atoms with Crippen LogP contribution < -0.4 is 5.32 Å². The molecule has 1 heterocycles. The van der Waals surface area contributed by atoms with Crippen LogP contribution in [0.25, 0.3) is 10.1 Å². The van der Waals surface area contributed by atoms with Crippen LogP contribution in [-0.2, 0) is 0 Å². The van der Waals surface area contributed by atoms with Crippen LogP contribution in [0, 0.1) is 0 Å². The van der Waals surface area contributed by atoms with E-state index < -0.39 is 5.54 Å². The number of carbonyl (C=O) groups is 1. The summed E-state index contributed by atoms with van der Waals surface area (Å²) in [6, 6.07) is 7.94. The van der Waals surface area contributed by atoms with Crippen molar-refractivity contribution in [1.29, 1.82) is 0 Å². The zero-order valence-electron chi connectivity index (χ0n) is 11.4. The summed E-state index contributed by atoms with van der Waals surface area (Å²) < 4.78 is 1.12. The number of thiophene rings is 1. The number of amides is 1. The van der Waals surface area contributed by atoms with Crippen molar-refractivity contribution in [3.05, 3.63) is 35.2 Å². The predicted octanol–water partition coefficient (Wildman–Crippen LogP) is 3.33. The maximum Gasteiger partial charge on any atom is 0.253 e. The van der Waals surface area contributed by atoms with Crippen molar-refractivity contribution in [1.82, 2.24) is 5.32 Å². The Morgan fingerprint density at radius 2 is 2.00 bits per heavy atom. The van der Waals surface area contributed by atoms with E-state index in [9.17, 15) is 9.90 Å². The molecule has 20 heavy (non-hydrogen) atoms. The van der Waals surface area contributed by atoms with Crippen molar-refractivity contribution in [2.75, 3.05) is 6.61 Å². The maximum absolute atomic E-state index is 12.5. The zero-order valence-corrected chi connectivity index (χ0v) is 12.2. The standard InChI is InChI=1S/C16H19NO2S/c18-11-16(8-4-1-5-9-16)17-15(19)13-10-20-14-7-3-2-6-12(13)14/h2-3,6-7,10,18H,1,4-5,8-9,11H2,(H,17,19). The Morgan fingerprint density at radius 3 is 2.75 bits per heavy atom. The highest BCUT2D eigenvalue weighted by Crippen LogP contribution is 2.30. The number of fused-ring (bicyclic) bond motifs is 1. The Morgan fingerprint density at radius 1 is 1.25 bits per heavy atom. The Hall–Kier alpha value is -1.39. The van der Waals surface area contributed by atoms with Gasteiger partial charge in [0.25, 0.3) is 5.91 Å². The molecule has 1 aliphatic rings. The third-order valence-corrected chi connectivity index (χ3v) is 5.18. The van der Waals surface area contributed by atoms with Gasteiger partial charge in [-0.25, -0.2) is 0 Å². The smallest absolute Gasteiger partial charge is 0.253 e. The lowest BCUT2D eigenvalue weighted by Gasteiger charge is -2.36. The molecule has 0 unspecified atom stereocenters. The van der Waals surface area contributed by atoms with Crippen LogP contribution in [0.5, 0.6) is 0 Å². The van der Waals surface area contributed by atoms with Gasteiger partial charge in [-0.2, -0.15) is 0 Å². The van der Waals surface area contributed by atoms with E-state index >= 15 is 0 Å². The Labute approximate surface area is 122 Å². The Balaban J connectivity index is 1.85. The number of hydrogen-bond acceptors (Lipinski definition) is 3. The van der Waals surface area contributed by atoms with Crippen molar-refractivity contribution in [2.45, 2.75) is 37.6 Å². The molecule has 1 aromatic heterocycles. The highest BCUT2D eigenvalue weighted by Gasteiger charge is 2.33. The molecule has 0 aliphatic heterocycles. The first-order chi connectivity index (χ1) is 9.74. The van der Waals surface area contributed by atoms with Crippen LogP contribution in [0.2, 0.25) is 0 Å². The van der Waals surface area contributed by atoms with Crippen LogP contribution >= 0.6 is 11.3 Å². The van der Waals surface area contributed by atoms with Gasteiger partial charge in [-0.3, -0.25) is 4.79 Å². The highest BCUT2D eigenvalue weighted by atomic mass is 32.1. The fourth-order valence-corrected chi connectivity index (χ4v) is 3.95. The van der Waals surface area contributed by atoms with Crippen LogP contribution in [0.4, 0.5) is 0 Å². The van der Waals surface area contributed by atoms with Crippen molar-refractivity contribution in [3.8, 4) is 0 Å². The molecular weight excluding hydrogens is 270 g/mol. The van der Waals surface area contributed by atoms with E-state index in [1.807, 2.05) is 29.6 Å². The maximum atomic E-state index is 12.5. The van der Waals surface area contributed by atoms with Gasteiger partial charge in [0.2, 0.25) is 0 Å². The minimum atomic E-state index is -0.418. The lowest BCUT2D eigenvalue weighted by Crippen LogP contribution is -2.52. The van der Waals surface area contributed by atoms with E-state index in [1.54, 1.807) is 11.3 Å². The molecule has 106 valence electrons. The molecule has 1 fully saturated rings. The number of aliphatic hydroxyl groups excluding tert-OH is 1. The van der Waals surface area contributed by atoms with Gasteiger partial charge >= 0.3 is 0 Å². The van der Waals surface area contributed by atoms with Crippen LogP contribution in [0.1, 0.15) is 42.5 Å². The molecule has 2 N–H and O–H groups in total. The quantitative estimate of drug-likeness (QED) is 0.910. The van der Waals surface area contributed by atoms with E-state index in [0.717, 1.165) is 41.3 Å². The largest absolute Gasteiger partial charge is 0.394 e. The van der Waals surface area contributed by atoms with Gasteiger partial charge in [-0.1, -0.05) is 37.5 Å². The van der Waals surface area contributed by atoms with Gasteiger partial charge in [0, 0.05) is 15.5 Å². The first-order valence-electron chi connectivity index (χ1n) is 7.14. The first-order valence-corrected chi connectivity index (χ1v) is 8.02. The van der Waals surface area contributed by atoms with Gasteiger partial charge in [0.1, 0.15) is 0 Å². The number of hydrogen-bond donors (Lipinski definition) is 2. The normalized spacial score (nSPS) is 18.1. The molecular formula is C16H19NO2S. The second kappa shape index (κ2) is 5.54. The number of benzene rings is 1. The van der Waals surface area contributed by atoms with E-state index in [2.05, 4.69) is 5.32 Å². The van der Waals surface area contributed by atoms with Crippen LogP contribution in [0.15, 0.2) is 29.6 Å². The fourth-order valence-electron chi connectivity index (χ4n) is 3.01. The van der Waals surface area contributed by atoms with Crippen molar-refractivity contribution in [2.24, 2.45) is 0 Å². The lowest BCUT2D eigenvalue weighted by atomic mass is 9.82. The van der Waals surface area contributed by atoms with Gasteiger partial charge in [0.15, 0.2) is 0 Å². The van der Waals surface area contributed by atoms with Gasteiger partial charge in [-0.15, -0.1) is 11.3 Å². The van der Waals surface area contributed by atoms with Gasteiger partial charge in [0.05, 0.1) is 17.7 Å². The Bertz CT molecular complexity index is 614. The average Bonchev–Trinajstić information content (AvgIpc) is 2.92. The minimum absolute atomic E-state index is 0.0286. The molecule has 0 radical (unpaired) electrons. The summed E-state index contributed by atoms with van der Waals surface area (Å²) in [5.41, 5.74) is 0.308. The summed E-state index contributed by atoms with van der Waals surface area (Å²) in [6.07, 6.45) is 5.09. The second-order valence-electron chi connectivity index (χ2n) is 5.60. The van der Waals surface area contributed by atoms with E-state index in [1.165, 1.54) is 6.42 Å². The lowest BCUT2D eigenvalue weighted by molar-refractivity contribution is 0.0760. The highest BCUT2D eigenvalue weighted by molar-refractivity contribution is 7.17. The molecule has 1 aliphatic carbocycles. The number of rotatable bonds is 3. The fraction of sp³-hybridized carbons (Fsp3) is 0.438. The van der Waals surface area contributed by atoms with Crippen LogP contribution in [-0.4, -0.2) is 23.2 Å². The van der Waals surface area contributed by atoms with E-state index in [4.69, 9.17) is 0 Å². The van der Waals surface area contributed by atoms with E-state index in [0.29, 0.717) is 0 Å². The van der Waals surface area contributed by atoms with Gasteiger partial charge < -0.3 is 10.4 Å². The predicted molar refractivity (Wildman–Crippen MR) is 82.2 cm³/mol. The summed E-state index contributed by atoms with van der Waals surface area (Å²) in [7, 11) is 0. The molecule has 2 aromatic rings. The second-order valence-corrected chi connectivity index (χ2v) is 6.51. The summed E-state index contributed by atoms with van der Waals surface area (Å²) >= 11 is 1.59. The van der Waals surface area contributed by atoms with E-state index in [-0.39, 0.29) is 12.5 Å². The van der Waals surface area contributed by atoms with Crippen molar-refractivity contribution in [3.63, 3.8) is 0 Å². The third kappa shape index (κ3) is 2.45. The molecule has 0 saturated heterocycles. The Kier molecular flexibility index (Phi) is 3.76. The summed E-state index contributed by atoms with van der Waals surface area (Å²) in [6.45, 7) is 0.0286. The number of carbonyl (C=O) groups excluding carboxylic acids is 1. The summed E-state index contributed by atoms with van der Waals surface area (Å²) in [5.74, 6) is -0.0570. The summed E-state index contributed by atoms with van der Waals surface area (Å²) in [5, 5.41) is 15.7. The molecule has 4 heteroatoms. The minimum Gasteiger partial charge on any atom is -0.394 e. The van der Waals surface area contributed by atoms with Crippen LogP contribution in [0.3, 0.4) is 0 Å². The number of nitrogens with one attached hydrogen (secondary N) is 1. The van der Waals surface area contributed by atoms with Crippen molar-refractivity contribution >= 4 is 27.3 Å². The molecule has 0 spiro atoms. The molecule has 3 nitrogen and oxygen atoms in total. The topological polar surface area (TPSA) is 49.3 Å². The molecule has 0 bridgehead atoms. The average molecular weight is 289 g/mol. The van der Waals surface area contributed by atoms with Crippen molar-refractivity contribution < 1.29 is 9.90 Å². The monoisotopic (exact) mass is 289 g/mol. The molecule has 3 rings (SSSR count). The third-order valence-electron chi connectivity index (χ3n) is 4.22. The summed E-state index contributed by atoms with van der Waals surface area (Å²) in [4.78, 5) is 12.5. The molecule has 1 aromatic carbocycles. The molecule has 1 saturated carbocycles. The molecule has 0 atom stereocenters. The SMILES string of the molecule is O=C(NC1(CO)CCCCC1)c1csc2ccccc12. The first kappa shape index (κ1) is 13.6. The van der Waals surface area contributed by atoms with Gasteiger partial charge in [-0.05, 0) is 18.9 Å². The number of aliphatic hydroxyl groups is 1.